The Hall–Kier alpha value is -10.6. The lowest BCUT2D eigenvalue weighted by Gasteiger charge is -2.54. The van der Waals surface area contributed by atoms with Crippen LogP contribution in [-0.4, -0.2) is 198 Å². The number of urea groups is 1. The molecule has 0 radical (unpaired) electrons. The standard InChI is InChI=1S/C97H119Cl2N9O26/c1-8-49(25-44(2)3)91(123)107-81-68(113)34-56(37-76(116)104-96(127)103-57-16-18-58(128-7)19-17-57)92(124)105-79-55-35-73(130-71-21-14-51(83(81)117)32-64(71)98)88(134-95-89(87(121)86(120)75(43-109)132-95)133-77-41-97(6,100)90(122)45(4)129-77)74(36-55)131-72-22-15-52(33-65(72)99)84(118)82-94(126)106-80(70(115)38-59-53-27-47-26-48(29-53)30-54(59)28-47)62-40-67(112)63(42-101-23-11-9-10-12-24-102-46(5)110)85(119)78(62)61-31-50(13-20-66(61)111)60(39-69(79)114)93(125)108-82/h13-22,31-33,35-36,40,44-45,47-49,53-54,56,59-60,75,77,79-84,86-87,89-90,95,101,109,111-112,117-122H,8-12,23-30,34,37-39,41-43,100H2,1-7H3,(H,102,110)(H,105,124)(H,106,126)(H,107,123)(H,108,125)(H2,103,104,116,127)/t45-,47?,48?,49+,53?,54?,56-,59?,60+,75+,77-,79+,80-,81-,82-,83+,84+,86+,87-,89+,90+,95-,97-/m0/s1. The maximum atomic E-state index is 17.0. The zero-order chi connectivity index (χ0) is 96.2. The number of unbranched alkanes of at least 4 members (excludes halogenated alkanes) is 3. The largest absolute Gasteiger partial charge is 0.507 e. The van der Waals surface area contributed by atoms with E-state index in [0.29, 0.717) is 49.9 Å². The predicted octanol–water partition coefficient (Wildman–Crippen LogP) is 9.13. The number of methoxy groups -OCH3 is 1. The van der Waals surface area contributed by atoms with Gasteiger partial charge in [-0.15, -0.1) is 0 Å². The number of amides is 8. The molecule has 722 valence electrons. The Morgan fingerprint density at radius 1 is 0.687 bits per heavy atom. The van der Waals surface area contributed by atoms with E-state index in [4.69, 9.17) is 62.1 Å². The van der Waals surface area contributed by atoms with Crippen LogP contribution in [0.3, 0.4) is 0 Å². The van der Waals surface area contributed by atoms with Crippen molar-refractivity contribution in [1.29, 1.82) is 0 Å². The summed E-state index contributed by atoms with van der Waals surface area (Å²) in [6.45, 7) is 9.58. The highest BCUT2D eigenvalue weighted by atomic mass is 35.5. The van der Waals surface area contributed by atoms with Gasteiger partial charge in [-0.3, -0.25) is 48.5 Å². The van der Waals surface area contributed by atoms with Crippen molar-refractivity contribution < 1.29 is 127 Å². The second kappa shape index (κ2) is 42.7. The molecule has 6 aromatic rings. The molecule has 4 saturated carbocycles. The molecule has 2 saturated heterocycles. The molecule has 17 rings (SSSR count). The molecule has 4 aliphatic carbocycles. The van der Waals surface area contributed by atoms with Crippen LogP contribution in [0.5, 0.6) is 51.7 Å². The third kappa shape index (κ3) is 22.5. The molecule has 8 amide bonds. The molecular weight excluding hydrogens is 1780 g/mol. The van der Waals surface area contributed by atoms with E-state index >= 15 is 28.8 Å². The van der Waals surface area contributed by atoms with Gasteiger partial charge < -0.3 is 122 Å². The summed E-state index contributed by atoms with van der Waals surface area (Å²) in [5, 5.41) is 131. The van der Waals surface area contributed by atoms with Crippen molar-refractivity contribution in [3.8, 4) is 62.9 Å². The van der Waals surface area contributed by atoms with Crippen molar-refractivity contribution in [2.75, 3.05) is 32.1 Å². The van der Waals surface area contributed by atoms with E-state index in [1.165, 1.54) is 107 Å². The molecule has 0 spiro atoms. The molecule has 7 heterocycles. The number of Topliss-reactive ketones (excluding diaryl/α,β-unsaturated/α-hetero) is 3. The third-order valence-corrected chi connectivity index (χ3v) is 28.0. The number of benzene rings is 6. The van der Waals surface area contributed by atoms with Gasteiger partial charge in [-0.1, -0.05) is 75.0 Å². The quantitative estimate of drug-likeness (QED) is 0.0225. The number of hydrogen-bond donors (Lipinski definition) is 18. The number of hydrogen-bond acceptors (Lipinski definition) is 28. The van der Waals surface area contributed by atoms with Gasteiger partial charge in [-0.25, -0.2) is 4.79 Å². The Morgan fingerprint density at radius 2 is 1.33 bits per heavy atom. The lowest BCUT2D eigenvalue weighted by Crippen LogP contribution is -2.64. The average Bonchev–Trinajstić information content (AvgIpc) is 0.750. The van der Waals surface area contributed by atoms with E-state index in [9.17, 15) is 65.1 Å². The van der Waals surface area contributed by atoms with E-state index in [2.05, 4.69) is 42.5 Å². The van der Waals surface area contributed by atoms with Crippen LogP contribution in [0, 0.1) is 47.3 Å². The highest BCUT2D eigenvalue weighted by Crippen LogP contribution is 2.59. The van der Waals surface area contributed by atoms with Crippen molar-refractivity contribution in [2.24, 2.45) is 53.1 Å². The molecule has 6 aromatic carbocycles. The van der Waals surface area contributed by atoms with Crippen LogP contribution < -0.4 is 67.2 Å². The number of nitrogens with one attached hydrogen (secondary N) is 8. The molecule has 19 N–H and O–H groups in total. The Kier molecular flexibility index (Phi) is 31.7. The number of aliphatic hydroxyl groups is 6. The fraction of sp³-hybridized carbons (Fsp3) is 0.526. The summed E-state index contributed by atoms with van der Waals surface area (Å²) < 4.78 is 44.7. The summed E-state index contributed by atoms with van der Waals surface area (Å²) in [6.07, 6.45) is -13.2. The van der Waals surface area contributed by atoms with Crippen LogP contribution in [-0.2, 0) is 63.9 Å². The van der Waals surface area contributed by atoms with E-state index in [1.807, 2.05) is 13.8 Å². The number of phenolic OH excluding ortho intramolecular Hbond substituents is 3. The number of rotatable bonds is 26. The molecule has 15 bridgehead atoms. The predicted molar refractivity (Wildman–Crippen MR) is 485 cm³/mol. The molecule has 6 fully saturated rings. The molecule has 7 aliphatic heterocycles. The van der Waals surface area contributed by atoms with Crippen molar-refractivity contribution in [3.63, 3.8) is 0 Å². The van der Waals surface area contributed by atoms with Gasteiger partial charge in [-0.05, 0) is 220 Å². The van der Waals surface area contributed by atoms with E-state index < -0.39 is 233 Å². The van der Waals surface area contributed by atoms with Gasteiger partial charge in [-0.2, -0.15) is 0 Å². The summed E-state index contributed by atoms with van der Waals surface area (Å²) in [7, 11) is 1.42. The zero-order valence-electron chi connectivity index (χ0n) is 75.5. The van der Waals surface area contributed by atoms with Crippen LogP contribution >= 0.6 is 23.2 Å². The lowest BCUT2D eigenvalue weighted by atomic mass is 9.51. The number of anilines is 1. The first-order chi connectivity index (χ1) is 63.8. The van der Waals surface area contributed by atoms with Gasteiger partial charge in [0.2, 0.25) is 47.5 Å². The Labute approximate surface area is 784 Å². The van der Waals surface area contributed by atoms with E-state index in [1.54, 1.807) is 6.92 Å². The fourth-order valence-electron chi connectivity index (χ4n) is 20.5. The minimum absolute atomic E-state index is 0.0645. The number of carbonyl (C=O) groups is 10. The maximum absolute atomic E-state index is 17.0. The van der Waals surface area contributed by atoms with E-state index in [-0.39, 0.29) is 117 Å². The van der Waals surface area contributed by atoms with Gasteiger partial charge in [0.25, 0.3) is 0 Å². The number of halogens is 2. The molecule has 11 aliphatic rings. The third-order valence-electron chi connectivity index (χ3n) is 27.4. The zero-order valence-corrected chi connectivity index (χ0v) is 77.0. The lowest BCUT2D eigenvalue weighted by molar-refractivity contribution is -0.333. The van der Waals surface area contributed by atoms with Crippen molar-refractivity contribution >= 4 is 87.7 Å². The smallest absolute Gasteiger partial charge is 0.325 e. The number of phenols is 3. The Balaban J connectivity index is 0.964. The summed E-state index contributed by atoms with van der Waals surface area (Å²) >= 11 is 14.7. The van der Waals surface area contributed by atoms with Gasteiger partial charge in [0, 0.05) is 80.4 Å². The molecule has 18 atom stereocenters. The van der Waals surface area contributed by atoms with E-state index in [0.717, 1.165) is 63.1 Å². The number of aliphatic hydroxyl groups excluding tert-OH is 6. The number of carbonyl (C=O) groups excluding carboxylic acids is 10. The van der Waals surface area contributed by atoms with Gasteiger partial charge in [0.05, 0.1) is 53.4 Å². The summed E-state index contributed by atoms with van der Waals surface area (Å²) in [4.78, 5) is 153. The monoisotopic (exact) mass is 1900 g/mol. The minimum atomic E-state index is -2.29. The normalized spacial score (nSPS) is 29.2. The first kappa shape index (κ1) is 99.3. The SMILES string of the molecule is CC[C@H](CC(C)C)C(=O)N[C@H]1C(=O)C[C@@H](CC(=O)NC(=O)Nc2ccc(OC)cc2)C(=O)N[C@H]2C(=O)C[C@H]3C(=O)N[C@H](C(=O)N[C@H](C(=O)CC4C5CC6CC(C5)CC4C6)c4cc(O)c(CNCCCCCCNC(C)=O)c(O)c4-c4cc3ccc4O)[C@H](O)c3ccc(c(Cl)c3)Oc3cc2cc(c3O[C@@H]2O[C@H](CO)[C@@H](O)[C@H](O)[C@H]2O[C@H]2C[C@](C)(N)[C@H](O)[C@H](C)O2)Oc2ccc(cc2Cl)[C@H]1O. The van der Waals surface area contributed by atoms with Gasteiger partial charge in [0.15, 0.2) is 41.2 Å². The maximum Gasteiger partial charge on any atom is 0.325 e. The summed E-state index contributed by atoms with van der Waals surface area (Å²) in [5.41, 5.74) is 3.49. The van der Waals surface area contributed by atoms with Crippen molar-refractivity contribution in [2.45, 2.75) is 248 Å². The summed E-state index contributed by atoms with van der Waals surface area (Å²) in [6, 6.07) is 10.9. The first-order valence-electron chi connectivity index (χ1n) is 45.8. The van der Waals surface area contributed by atoms with Crippen LogP contribution in [0.2, 0.25) is 10.0 Å². The number of ketones is 3. The van der Waals surface area contributed by atoms with Crippen molar-refractivity contribution in [3.05, 3.63) is 140 Å². The molecule has 35 nitrogen and oxygen atoms in total. The topological polar surface area (TPSA) is 540 Å². The fourth-order valence-corrected chi connectivity index (χ4v) is 20.9. The first-order valence-corrected chi connectivity index (χ1v) is 46.6. The summed E-state index contributed by atoms with van der Waals surface area (Å²) in [5.74, 6) is -16.4. The van der Waals surface area contributed by atoms with Gasteiger partial charge >= 0.3 is 6.03 Å². The molecular formula is C97H119Cl2N9O26. The number of imide groups is 1. The van der Waals surface area contributed by atoms with Gasteiger partial charge in [0.1, 0.15) is 89.2 Å². The molecule has 134 heavy (non-hydrogen) atoms. The number of nitrogens with two attached hydrogens (primary N) is 1. The Morgan fingerprint density at radius 3 is 1.94 bits per heavy atom. The molecule has 37 heteroatoms. The number of fused-ring (bicyclic) bond motifs is 15. The van der Waals surface area contributed by atoms with Crippen molar-refractivity contribution in [1.82, 2.24) is 37.2 Å². The average molecular weight is 1900 g/mol. The minimum Gasteiger partial charge on any atom is -0.507 e. The van der Waals surface area contributed by atoms with Crippen LogP contribution in [0.4, 0.5) is 10.5 Å². The molecule has 0 aromatic heterocycles. The highest BCUT2D eigenvalue weighted by molar-refractivity contribution is 6.32. The van der Waals surface area contributed by atoms with Crippen LogP contribution in [0.15, 0.2) is 97.1 Å². The number of aromatic hydroxyl groups is 3. The second-order valence-electron chi connectivity index (χ2n) is 37.6. The van der Waals surface area contributed by atoms with Crippen LogP contribution in [0.1, 0.15) is 208 Å². The molecule has 0 unspecified atom stereocenters. The number of ether oxygens (including phenoxy) is 7. The Bertz CT molecular complexity index is 5360. The second-order valence-corrected chi connectivity index (χ2v) is 38.4. The highest BCUT2D eigenvalue weighted by Gasteiger charge is 2.54. The van der Waals surface area contributed by atoms with Crippen LogP contribution in [0.25, 0.3) is 11.1 Å².